The Bertz CT molecular complexity index is 1060. The maximum Gasteiger partial charge on any atom is 0.353 e. The summed E-state index contributed by atoms with van der Waals surface area (Å²) in [5, 5.41) is 3.94. The highest BCUT2D eigenvalue weighted by Gasteiger charge is 2.48. The fourth-order valence-electron chi connectivity index (χ4n) is 3.71. The first-order chi connectivity index (χ1) is 14.8. The number of para-hydroxylation sites is 1. The van der Waals surface area contributed by atoms with Crippen molar-refractivity contribution in [1.82, 2.24) is 15.0 Å². The third kappa shape index (κ3) is 3.78. The van der Waals surface area contributed by atoms with E-state index in [1.165, 1.54) is 23.1 Å². The average molecular weight is 427 g/mol. The first-order valence-electron chi connectivity index (χ1n) is 10.0. The van der Waals surface area contributed by atoms with Gasteiger partial charge in [0.15, 0.2) is 12.4 Å². The Labute approximate surface area is 178 Å². The van der Waals surface area contributed by atoms with Crippen molar-refractivity contribution in [2.45, 2.75) is 30.6 Å². The van der Waals surface area contributed by atoms with Gasteiger partial charge in [-0.15, -0.1) is 0 Å². The van der Waals surface area contributed by atoms with Gasteiger partial charge in [-0.05, 0) is 30.5 Å². The van der Waals surface area contributed by atoms with Crippen LogP contribution in [0.4, 0.5) is 8.78 Å². The molecule has 3 aromatic rings. The topological polar surface area (TPSA) is 68.5 Å². The van der Waals surface area contributed by atoms with Crippen LogP contribution < -0.4 is 4.74 Å². The van der Waals surface area contributed by atoms with E-state index in [0.717, 1.165) is 24.8 Å². The number of amides is 1. The van der Waals surface area contributed by atoms with E-state index in [9.17, 15) is 4.79 Å². The molecule has 0 bridgehead atoms. The highest BCUT2D eigenvalue weighted by molar-refractivity contribution is 5.77. The minimum Gasteiger partial charge on any atom is -0.483 e. The monoisotopic (exact) mass is 427 g/mol. The van der Waals surface area contributed by atoms with Crippen LogP contribution in [-0.2, 0) is 16.1 Å². The van der Waals surface area contributed by atoms with Crippen molar-refractivity contribution in [3.63, 3.8) is 0 Å². The van der Waals surface area contributed by atoms with Gasteiger partial charge in [-0.2, -0.15) is 13.8 Å². The number of benzene rings is 2. The summed E-state index contributed by atoms with van der Waals surface area (Å²) in [6.07, 6.45) is 2.51. The summed E-state index contributed by atoms with van der Waals surface area (Å²) in [5.74, 6) is -4.55. The second-order valence-corrected chi connectivity index (χ2v) is 7.87. The number of hydrogen-bond acceptors (Lipinski definition) is 5. The number of ether oxygens (including phenoxy) is 1. The van der Waals surface area contributed by atoms with Gasteiger partial charge in [0.05, 0.1) is 11.0 Å². The molecule has 8 heteroatoms. The molecule has 1 amide bonds. The third-order valence-electron chi connectivity index (χ3n) is 5.73. The second kappa shape index (κ2) is 8.09. The lowest BCUT2D eigenvalue weighted by Gasteiger charge is -2.39. The van der Waals surface area contributed by atoms with E-state index in [0.29, 0.717) is 0 Å². The van der Waals surface area contributed by atoms with Crippen LogP contribution in [0.5, 0.6) is 5.75 Å². The quantitative estimate of drug-likeness (QED) is 0.567. The van der Waals surface area contributed by atoms with E-state index in [4.69, 9.17) is 9.26 Å². The van der Waals surface area contributed by atoms with Gasteiger partial charge in [-0.25, -0.2) is 0 Å². The summed E-state index contributed by atoms with van der Waals surface area (Å²) in [4.78, 5) is 17.3. The first-order valence-corrected chi connectivity index (χ1v) is 10.0. The first kappa shape index (κ1) is 21.0. The summed E-state index contributed by atoms with van der Waals surface area (Å²) in [6, 6.07) is 15.3. The molecular formula is C23H23F2N3O3. The molecule has 0 spiro atoms. The molecule has 1 heterocycles. The van der Waals surface area contributed by atoms with Crippen molar-refractivity contribution in [3.05, 3.63) is 77.4 Å². The summed E-state index contributed by atoms with van der Waals surface area (Å²) >= 11 is 0. The van der Waals surface area contributed by atoms with E-state index >= 15 is 8.78 Å². The number of halogens is 2. The zero-order valence-electron chi connectivity index (χ0n) is 17.3. The number of carbonyl (C=O) groups excluding carboxylic acids is 1. The molecule has 162 valence electrons. The summed E-state index contributed by atoms with van der Waals surface area (Å²) < 4.78 is 41.2. The molecule has 1 aromatic heterocycles. The van der Waals surface area contributed by atoms with Crippen LogP contribution in [0.2, 0.25) is 0 Å². The van der Waals surface area contributed by atoms with Crippen molar-refractivity contribution in [1.29, 1.82) is 0 Å². The van der Waals surface area contributed by atoms with Gasteiger partial charge in [0, 0.05) is 14.1 Å². The molecule has 1 saturated carbocycles. The fraction of sp³-hybridized carbons (Fsp3) is 0.348. The smallest absolute Gasteiger partial charge is 0.353 e. The van der Waals surface area contributed by atoms with Crippen LogP contribution in [-0.4, -0.2) is 41.6 Å². The average Bonchev–Trinajstić information content (AvgIpc) is 3.23. The Hall–Kier alpha value is -3.29. The number of hydrogen-bond donors (Lipinski definition) is 0. The lowest BCUT2D eigenvalue weighted by atomic mass is 9.64. The Morgan fingerprint density at radius 2 is 1.81 bits per heavy atom. The highest BCUT2D eigenvalue weighted by Crippen LogP contribution is 2.49. The standard InChI is InChI=1S/C23H23F2N3O3/c1-28(2)19(29)15-30-18-12-7-6-11-17(18)23(24,25)21-26-20(27-31-21)22(13-8-14-22)16-9-4-3-5-10-16/h3-7,9-12H,8,13-15H2,1-2H3. The molecule has 4 rings (SSSR count). The molecule has 0 saturated heterocycles. The van der Waals surface area contributed by atoms with E-state index in [1.807, 2.05) is 30.3 Å². The Balaban J connectivity index is 1.64. The fourth-order valence-corrected chi connectivity index (χ4v) is 3.71. The zero-order valence-corrected chi connectivity index (χ0v) is 17.3. The number of carbonyl (C=O) groups is 1. The van der Waals surface area contributed by atoms with Gasteiger partial charge in [-0.3, -0.25) is 4.79 Å². The molecule has 1 aliphatic carbocycles. The number of nitrogens with zero attached hydrogens (tertiary/aromatic N) is 3. The molecule has 1 aliphatic rings. The van der Waals surface area contributed by atoms with Crippen molar-refractivity contribution in [2.24, 2.45) is 0 Å². The number of likely N-dealkylation sites (N-methyl/N-ethyl adjacent to an activating group) is 1. The number of rotatable bonds is 7. The second-order valence-electron chi connectivity index (χ2n) is 7.87. The largest absolute Gasteiger partial charge is 0.483 e. The lowest BCUT2D eigenvalue weighted by Crippen LogP contribution is -2.36. The Kier molecular flexibility index (Phi) is 5.47. The van der Waals surface area contributed by atoms with Crippen molar-refractivity contribution in [3.8, 4) is 5.75 Å². The zero-order chi connectivity index (χ0) is 22.1. The van der Waals surface area contributed by atoms with Crippen LogP contribution in [0.25, 0.3) is 0 Å². The van der Waals surface area contributed by atoms with Crippen molar-refractivity contribution in [2.75, 3.05) is 20.7 Å². The van der Waals surface area contributed by atoms with Gasteiger partial charge in [0.1, 0.15) is 5.75 Å². The normalized spacial score (nSPS) is 15.2. The van der Waals surface area contributed by atoms with Crippen LogP contribution in [0.15, 0.2) is 59.1 Å². The van der Waals surface area contributed by atoms with E-state index in [1.54, 1.807) is 20.2 Å². The van der Waals surface area contributed by atoms with Crippen LogP contribution in [0.3, 0.4) is 0 Å². The highest BCUT2D eigenvalue weighted by atomic mass is 19.3. The predicted molar refractivity (Wildman–Crippen MR) is 109 cm³/mol. The van der Waals surface area contributed by atoms with Crippen LogP contribution >= 0.6 is 0 Å². The minimum atomic E-state index is -3.58. The van der Waals surface area contributed by atoms with Crippen molar-refractivity contribution >= 4 is 5.91 Å². The Morgan fingerprint density at radius 1 is 1.13 bits per heavy atom. The lowest BCUT2D eigenvalue weighted by molar-refractivity contribution is -0.130. The molecule has 0 unspecified atom stereocenters. The van der Waals surface area contributed by atoms with Crippen LogP contribution in [0.1, 0.15) is 42.1 Å². The van der Waals surface area contributed by atoms with E-state index < -0.39 is 22.8 Å². The van der Waals surface area contributed by atoms with Crippen LogP contribution in [0, 0.1) is 0 Å². The molecular weight excluding hydrogens is 404 g/mol. The third-order valence-corrected chi connectivity index (χ3v) is 5.73. The van der Waals surface area contributed by atoms with Gasteiger partial charge < -0.3 is 14.2 Å². The van der Waals surface area contributed by atoms with Gasteiger partial charge in [0.25, 0.3) is 5.91 Å². The maximum atomic E-state index is 15.4. The predicted octanol–water partition coefficient (Wildman–Crippen LogP) is 4.15. The minimum absolute atomic E-state index is 0.108. The molecule has 31 heavy (non-hydrogen) atoms. The summed E-state index contributed by atoms with van der Waals surface area (Å²) in [6.45, 7) is -0.355. The van der Waals surface area contributed by atoms with E-state index in [2.05, 4.69) is 10.1 Å². The van der Waals surface area contributed by atoms with E-state index in [-0.39, 0.29) is 24.1 Å². The van der Waals surface area contributed by atoms with Gasteiger partial charge in [-0.1, -0.05) is 54.0 Å². The summed E-state index contributed by atoms with van der Waals surface area (Å²) in [7, 11) is 3.13. The number of aromatic nitrogens is 2. The van der Waals surface area contributed by atoms with Crippen molar-refractivity contribution < 1.29 is 22.8 Å². The maximum absolute atomic E-state index is 15.4. The molecule has 0 radical (unpaired) electrons. The summed E-state index contributed by atoms with van der Waals surface area (Å²) in [5.41, 5.74) is 0.0507. The van der Waals surface area contributed by atoms with Gasteiger partial charge >= 0.3 is 11.8 Å². The molecule has 6 nitrogen and oxygen atoms in total. The number of alkyl halides is 2. The van der Waals surface area contributed by atoms with Gasteiger partial charge in [0.2, 0.25) is 0 Å². The molecule has 0 atom stereocenters. The molecule has 0 aliphatic heterocycles. The Morgan fingerprint density at radius 3 is 2.45 bits per heavy atom. The molecule has 0 N–H and O–H groups in total. The molecule has 2 aromatic carbocycles. The molecule has 1 fully saturated rings. The SMILES string of the molecule is CN(C)C(=O)COc1ccccc1C(F)(F)c1nc(C2(c3ccccc3)CCC2)no1.